The molecule has 1 saturated carbocycles. The molecule has 0 radical (unpaired) electrons. The summed E-state index contributed by atoms with van der Waals surface area (Å²) in [6.45, 7) is 4.22. The van der Waals surface area contributed by atoms with Crippen LogP contribution < -0.4 is 0 Å². The molecule has 0 saturated heterocycles. The van der Waals surface area contributed by atoms with Gasteiger partial charge in [-0.05, 0) is 36.7 Å². The molecule has 0 amide bonds. The predicted octanol–water partition coefficient (Wildman–Crippen LogP) is 4.76. The number of carboxylic acids is 1. The third-order valence-electron chi connectivity index (χ3n) is 4.71. The van der Waals surface area contributed by atoms with E-state index in [0.29, 0.717) is 17.4 Å². The number of rotatable bonds is 6. The van der Waals surface area contributed by atoms with Gasteiger partial charge in [-0.3, -0.25) is 9.35 Å². The van der Waals surface area contributed by atoms with E-state index >= 15 is 0 Å². The van der Waals surface area contributed by atoms with Crippen molar-refractivity contribution in [3.63, 3.8) is 0 Å². The first kappa shape index (κ1) is 23.1. The van der Waals surface area contributed by atoms with Gasteiger partial charge in [0, 0.05) is 0 Å². The maximum Gasteiger partial charge on any atom is 0.306 e. The highest BCUT2D eigenvalue weighted by Gasteiger charge is 2.29. The largest absolute Gasteiger partial charge is 0.481 e. The van der Waals surface area contributed by atoms with Crippen molar-refractivity contribution in [3.8, 4) is 0 Å². The van der Waals surface area contributed by atoms with Crippen LogP contribution in [-0.4, -0.2) is 24.0 Å². The average Bonchev–Trinajstić information content (AvgIpc) is 2.60. The number of hydrogen-bond donors (Lipinski definition) is 2. The van der Waals surface area contributed by atoms with Crippen molar-refractivity contribution in [2.45, 2.75) is 57.4 Å². The van der Waals surface area contributed by atoms with E-state index in [1.54, 1.807) is 30.3 Å². The van der Waals surface area contributed by atoms with Crippen LogP contribution in [0.2, 0.25) is 0 Å². The maximum atomic E-state index is 11.1. The molecule has 26 heavy (non-hydrogen) atoms. The first-order chi connectivity index (χ1) is 12.1. The second kappa shape index (κ2) is 11.0. The Morgan fingerprint density at radius 3 is 2.12 bits per heavy atom. The molecule has 1 aromatic carbocycles. The van der Waals surface area contributed by atoms with E-state index in [9.17, 15) is 18.3 Å². The summed E-state index contributed by atoms with van der Waals surface area (Å²) in [5, 5.41) is 9.17. The second-order valence-electron chi connectivity index (χ2n) is 7.32. The van der Waals surface area contributed by atoms with Gasteiger partial charge in [0.05, 0.1) is 5.92 Å². The van der Waals surface area contributed by atoms with Gasteiger partial charge in [-0.15, -0.1) is 9.24 Å². The van der Waals surface area contributed by atoms with E-state index in [4.69, 9.17) is 4.55 Å². The van der Waals surface area contributed by atoms with Crippen LogP contribution in [0.4, 0.5) is 0 Å². The monoisotopic (exact) mass is 402 g/mol. The lowest BCUT2D eigenvalue weighted by molar-refractivity contribution is -0.144. The van der Waals surface area contributed by atoms with Gasteiger partial charge in [0.2, 0.25) is 0 Å². The molecule has 0 aromatic heterocycles. The smallest absolute Gasteiger partial charge is 0.306 e. The Bertz CT molecular complexity index is 639. The Kier molecular flexibility index (Phi) is 9.77. The highest BCUT2D eigenvalue weighted by molar-refractivity contribution is 7.90. The Balaban J connectivity index is 0.000000263. The van der Waals surface area contributed by atoms with Gasteiger partial charge < -0.3 is 5.11 Å². The molecule has 1 aliphatic carbocycles. The minimum atomic E-state index is -3.99. The van der Waals surface area contributed by atoms with Crippen LogP contribution in [0.5, 0.6) is 0 Å². The molecule has 2 rings (SSSR count). The van der Waals surface area contributed by atoms with Crippen molar-refractivity contribution < 1.29 is 22.9 Å². The van der Waals surface area contributed by atoms with Crippen LogP contribution in [0, 0.1) is 17.8 Å². The second-order valence-corrected chi connectivity index (χ2v) is 10.0. The van der Waals surface area contributed by atoms with Gasteiger partial charge in [0.25, 0.3) is 10.1 Å². The highest BCUT2D eigenvalue weighted by Crippen LogP contribution is 2.33. The molecule has 1 aliphatic rings. The minimum absolute atomic E-state index is 0.0877. The van der Waals surface area contributed by atoms with Crippen LogP contribution in [-0.2, 0) is 14.9 Å². The number of aliphatic carboxylic acids is 1. The lowest BCUT2D eigenvalue weighted by atomic mass is 9.77. The van der Waals surface area contributed by atoms with Gasteiger partial charge in [-0.2, -0.15) is 8.42 Å². The number of carbonyl (C=O) groups is 1. The molecule has 7 heteroatoms. The summed E-state index contributed by atoms with van der Waals surface area (Å²) < 4.78 is 30.0. The lowest BCUT2D eigenvalue weighted by Gasteiger charge is -2.28. The molecule has 1 fully saturated rings. The summed E-state index contributed by atoms with van der Waals surface area (Å²) in [6.07, 6.45) is 6.86. The molecule has 3 atom stereocenters. The molecule has 0 aliphatic heterocycles. The first-order valence-corrected chi connectivity index (χ1v) is 11.3. The molecular formula is C19H31O5PS. The van der Waals surface area contributed by atoms with E-state index in [2.05, 4.69) is 23.1 Å². The zero-order valence-corrected chi connectivity index (χ0v) is 17.5. The van der Waals surface area contributed by atoms with E-state index in [0.717, 1.165) is 19.3 Å². The van der Waals surface area contributed by atoms with Crippen molar-refractivity contribution in [1.29, 1.82) is 0 Å². The fourth-order valence-electron chi connectivity index (χ4n) is 3.35. The minimum Gasteiger partial charge on any atom is -0.481 e. The molecule has 5 nitrogen and oxygen atoms in total. The van der Waals surface area contributed by atoms with Gasteiger partial charge in [-0.25, -0.2) is 0 Å². The average molecular weight is 402 g/mol. The molecule has 3 unspecified atom stereocenters. The summed E-state index contributed by atoms with van der Waals surface area (Å²) in [5.74, 6) is 0.280. The molecule has 2 N–H and O–H groups in total. The summed E-state index contributed by atoms with van der Waals surface area (Å²) in [7, 11) is -1.91. The van der Waals surface area contributed by atoms with Gasteiger partial charge in [-0.1, -0.05) is 63.4 Å². The highest BCUT2D eigenvalue weighted by atomic mass is 32.2. The van der Waals surface area contributed by atoms with Gasteiger partial charge in [0.1, 0.15) is 4.99 Å². The van der Waals surface area contributed by atoms with Crippen LogP contribution in [0.25, 0.3) is 0 Å². The summed E-state index contributed by atoms with van der Waals surface area (Å²) in [4.78, 5) is 10.2. The van der Waals surface area contributed by atoms with E-state index < -0.39 is 21.1 Å². The Labute approximate surface area is 159 Å². The lowest BCUT2D eigenvalue weighted by Crippen LogP contribution is -2.26. The molecule has 148 valence electrons. The van der Waals surface area contributed by atoms with E-state index in [1.165, 1.54) is 19.3 Å². The van der Waals surface area contributed by atoms with Crippen LogP contribution in [0.3, 0.4) is 0 Å². The quantitative estimate of drug-likeness (QED) is 0.529. The first-order valence-electron chi connectivity index (χ1n) is 9.12. The molecule has 0 bridgehead atoms. The standard InChI is InChI=1S/C12H22O2.C7H9O3PS/c1-9(2)8-11(12(13)14)10-6-4-3-5-7-10;8-12(9,10)7(11)6-4-2-1-3-5-6/h9-11H,3-8H2,1-2H3,(H,13,14);1-5,7H,11H2,(H,8,9,10). The van der Waals surface area contributed by atoms with Crippen LogP contribution in [0.1, 0.15) is 62.9 Å². The Morgan fingerprint density at radius 1 is 1.15 bits per heavy atom. The van der Waals surface area contributed by atoms with Gasteiger partial charge in [0.15, 0.2) is 0 Å². The number of benzene rings is 1. The number of carboxylic acid groups (broad SMARTS) is 1. The van der Waals surface area contributed by atoms with Crippen molar-refractivity contribution in [2.75, 3.05) is 0 Å². The molecule has 0 spiro atoms. The fourth-order valence-corrected chi connectivity index (χ4v) is 4.08. The van der Waals surface area contributed by atoms with Gasteiger partial charge >= 0.3 is 5.97 Å². The van der Waals surface area contributed by atoms with Crippen LogP contribution >= 0.6 is 9.24 Å². The summed E-state index contributed by atoms with van der Waals surface area (Å²) in [6, 6.07) is 8.51. The molecule has 1 aromatic rings. The topological polar surface area (TPSA) is 91.7 Å². The normalized spacial score (nSPS) is 17.9. The number of hydrogen-bond acceptors (Lipinski definition) is 3. The molecular weight excluding hydrogens is 371 g/mol. The zero-order valence-electron chi connectivity index (χ0n) is 15.5. The van der Waals surface area contributed by atoms with Crippen molar-refractivity contribution >= 4 is 25.3 Å². The molecule has 0 heterocycles. The Morgan fingerprint density at radius 2 is 1.69 bits per heavy atom. The zero-order chi connectivity index (χ0) is 19.7. The van der Waals surface area contributed by atoms with Crippen molar-refractivity contribution in [3.05, 3.63) is 35.9 Å². The SMILES string of the molecule is CC(C)CC(C(=O)O)C1CCCCC1.O=S(=O)(O)C(P)c1ccccc1. The Hall–Kier alpha value is -0.970. The third-order valence-corrected chi connectivity index (χ3v) is 7.04. The maximum absolute atomic E-state index is 11.1. The summed E-state index contributed by atoms with van der Waals surface area (Å²) >= 11 is 0. The fraction of sp³-hybridized carbons (Fsp3) is 0.632. The van der Waals surface area contributed by atoms with Crippen molar-refractivity contribution in [2.24, 2.45) is 17.8 Å². The van der Waals surface area contributed by atoms with Crippen LogP contribution in [0.15, 0.2) is 30.3 Å². The van der Waals surface area contributed by atoms with E-state index in [1.807, 2.05) is 0 Å². The van der Waals surface area contributed by atoms with Crippen molar-refractivity contribution in [1.82, 2.24) is 0 Å². The van der Waals surface area contributed by atoms with E-state index in [-0.39, 0.29) is 5.92 Å². The predicted molar refractivity (Wildman–Crippen MR) is 108 cm³/mol. The summed E-state index contributed by atoms with van der Waals surface area (Å²) in [5.41, 5.74) is 0.560. The third kappa shape index (κ3) is 8.15.